The fourth-order valence-electron chi connectivity index (χ4n) is 4.46. The monoisotopic (exact) mass is 426 g/mol. The lowest BCUT2D eigenvalue weighted by molar-refractivity contribution is -0.140. The first-order valence-corrected chi connectivity index (χ1v) is 11.5. The summed E-state index contributed by atoms with van der Waals surface area (Å²) in [5, 5.41) is 5.88. The van der Waals surface area contributed by atoms with Gasteiger partial charge in [-0.3, -0.25) is 9.59 Å². The van der Waals surface area contributed by atoms with Crippen molar-refractivity contribution in [2.24, 2.45) is 0 Å². The van der Waals surface area contributed by atoms with Crippen LogP contribution >= 0.6 is 0 Å². The molecule has 164 valence electrons. The third-order valence-corrected chi connectivity index (χ3v) is 6.24. The van der Waals surface area contributed by atoms with E-state index in [-0.39, 0.29) is 12.1 Å². The Hall–Kier alpha value is -3.40. The first kappa shape index (κ1) is 21.8. The van der Waals surface area contributed by atoms with Crippen LogP contribution in [0, 0.1) is 0 Å². The SMILES string of the molecule is CCC(NC(=O)C(=O)NC(c1ccccc1)c1ccccc1)c1ccc2c(c1)CCCC2. The maximum absolute atomic E-state index is 12.9. The van der Waals surface area contributed by atoms with Crippen LogP contribution in [0.3, 0.4) is 0 Å². The number of hydrogen-bond acceptors (Lipinski definition) is 2. The average Bonchev–Trinajstić information content (AvgIpc) is 2.86. The molecule has 0 spiro atoms. The first-order valence-electron chi connectivity index (χ1n) is 11.5. The van der Waals surface area contributed by atoms with E-state index in [0.29, 0.717) is 0 Å². The highest BCUT2D eigenvalue weighted by Crippen LogP contribution is 2.26. The molecule has 4 rings (SSSR count). The highest BCUT2D eigenvalue weighted by Gasteiger charge is 2.24. The van der Waals surface area contributed by atoms with Crippen molar-refractivity contribution in [2.45, 2.75) is 51.1 Å². The molecule has 2 N–H and O–H groups in total. The van der Waals surface area contributed by atoms with Crippen LogP contribution in [0.1, 0.15) is 66.1 Å². The lowest BCUT2D eigenvalue weighted by Gasteiger charge is -2.23. The molecule has 0 aliphatic heterocycles. The molecule has 2 amide bonds. The zero-order valence-corrected chi connectivity index (χ0v) is 18.5. The number of benzene rings is 3. The number of carbonyl (C=O) groups excluding carboxylic acids is 2. The molecule has 3 aromatic carbocycles. The second kappa shape index (κ2) is 10.3. The van der Waals surface area contributed by atoms with Gasteiger partial charge in [-0.1, -0.05) is 85.8 Å². The van der Waals surface area contributed by atoms with Crippen molar-refractivity contribution in [3.05, 3.63) is 107 Å². The van der Waals surface area contributed by atoms with Crippen molar-refractivity contribution >= 4 is 11.8 Å². The maximum atomic E-state index is 12.9. The number of fused-ring (bicyclic) bond motifs is 1. The molecule has 0 bridgehead atoms. The van der Waals surface area contributed by atoms with Gasteiger partial charge in [0.05, 0.1) is 12.1 Å². The minimum atomic E-state index is -0.626. The van der Waals surface area contributed by atoms with Gasteiger partial charge < -0.3 is 10.6 Å². The first-order chi connectivity index (χ1) is 15.7. The summed E-state index contributed by atoms with van der Waals surface area (Å²) in [6.45, 7) is 2.03. The van der Waals surface area contributed by atoms with Gasteiger partial charge in [-0.15, -0.1) is 0 Å². The number of aryl methyl sites for hydroxylation is 2. The van der Waals surface area contributed by atoms with Crippen LogP contribution in [0.25, 0.3) is 0 Å². The van der Waals surface area contributed by atoms with Crippen molar-refractivity contribution < 1.29 is 9.59 Å². The van der Waals surface area contributed by atoms with Gasteiger partial charge in [0.2, 0.25) is 0 Å². The number of carbonyl (C=O) groups is 2. The largest absolute Gasteiger partial charge is 0.341 e. The molecule has 32 heavy (non-hydrogen) atoms. The van der Waals surface area contributed by atoms with E-state index >= 15 is 0 Å². The Morgan fingerprint density at radius 3 is 1.88 bits per heavy atom. The molecule has 1 unspecified atom stereocenters. The standard InChI is InChI=1S/C28H30N2O2/c1-2-25(24-18-17-20-11-9-10-16-23(20)19-24)29-27(31)28(32)30-26(21-12-5-3-6-13-21)22-14-7-4-8-15-22/h3-8,12-15,17-19,25-26H,2,9-11,16H2,1H3,(H,29,31)(H,30,32). The minimum Gasteiger partial charge on any atom is -0.341 e. The molecular weight excluding hydrogens is 396 g/mol. The van der Waals surface area contributed by atoms with Gasteiger partial charge in [0.15, 0.2) is 0 Å². The minimum absolute atomic E-state index is 0.188. The van der Waals surface area contributed by atoms with Gasteiger partial charge in [-0.25, -0.2) is 0 Å². The third kappa shape index (κ3) is 5.08. The number of hydrogen-bond donors (Lipinski definition) is 2. The fraction of sp³-hybridized carbons (Fsp3) is 0.286. The van der Waals surface area contributed by atoms with E-state index in [2.05, 4.69) is 28.8 Å². The molecule has 0 saturated heterocycles. The molecule has 1 atom stereocenters. The molecule has 0 fully saturated rings. The Morgan fingerprint density at radius 1 is 0.719 bits per heavy atom. The number of nitrogens with one attached hydrogen (secondary N) is 2. The van der Waals surface area contributed by atoms with E-state index in [9.17, 15) is 9.59 Å². The molecule has 3 aromatic rings. The van der Waals surface area contributed by atoms with Crippen LogP contribution in [0.4, 0.5) is 0 Å². The van der Waals surface area contributed by atoms with E-state index < -0.39 is 11.8 Å². The van der Waals surface area contributed by atoms with Gasteiger partial charge in [0.1, 0.15) is 0 Å². The molecule has 0 heterocycles. The zero-order chi connectivity index (χ0) is 22.3. The van der Waals surface area contributed by atoms with Crippen LogP contribution in [0.5, 0.6) is 0 Å². The average molecular weight is 427 g/mol. The second-order valence-electron chi connectivity index (χ2n) is 8.40. The van der Waals surface area contributed by atoms with Gasteiger partial charge in [-0.2, -0.15) is 0 Å². The Morgan fingerprint density at radius 2 is 1.28 bits per heavy atom. The number of rotatable bonds is 6. The van der Waals surface area contributed by atoms with Crippen molar-refractivity contribution in [1.29, 1.82) is 0 Å². The van der Waals surface area contributed by atoms with Crippen molar-refractivity contribution in [3.63, 3.8) is 0 Å². The van der Waals surface area contributed by atoms with Crippen LogP contribution in [-0.4, -0.2) is 11.8 Å². The smallest absolute Gasteiger partial charge is 0.310 e. The summed E-state index contributed by atoms with van der Waals surface area (Å²) in [4.78, 5) is 25.7. The Labute approximate surface area is 190 Å². The normalized spacial score (nSPS) is 13.8. The highest BCUT2D eigenvalue weighted by molar-refractivity contribution is 6.35. The lowest BCUT2D eigenvalue weighted by Crippen LogP contribution is -2.43. The number of amides is 2. The Balaban J connectivity index is 1.49. The molecular formula is C28H30N2O2. The molecule has 1 aliphatic rings. The highest BCUT2D eigenvalue weighted by atomic mass is 16.2. The quantitative estimate of drug-likeness (QED) is 0.543. The van der Waals surface area contributed by atoms with Crippen molar-refractivity contribution in [1.82, 2.24) is 10.6 Å². The lowest BCUT2D eigenvalue weighted by atomic mass is 9.89. The molecule has 4 nitrogen and oxygen atoms in total. The molecule has 4 heteroatoms. The van der Waals surface area contributed by atoms with Crippen LogP contribution < -0.4 is 10.6 Å². The predicted octanol–water partition coefficient (Wildman–Crippen LogP) is 5.04. The second-order valence-corrected chi connectivity index (χ2v) is 8.40. The van der Waals surface area contributed by atoms with E-state index in [1.165, 1.54) is 24.0 Å². The Bertz CT molecular complexity index is 1020. The van der Waals surface area contributed by atoms with E-state index in [4.69, 9.17) is 0 Å². The van der Waals surface area contributed by atoms with E-state index in [0.717, 1.165) is 36.0 Å². The van der Waals surface area contributed by atoms with Gasteiger partial charge >= 0.3 is 11.8 Å². The summed E-state index contributed by atoms with van der Waals surface area (Å²) in [5.74, 6) is -1.23. The van der Waals surface area contributed by atoms with Gasteiger partial charge in [-0.05, 0) is 59.9 Å². The fourth-order valence-corrected chi connectivity index (χ4v) is 4.46. The van der Waals surface area contributed by atoms with Crippen LogP contribution in [0.2, 0.25) is 0 Å². The summed E-state index contributed by atoms with van der Waals surface area (Å²) in [6, 6.07) is 25.3. The van der Waals surface area contributed by atoms with E-state index in [1.54, 1.807) is 0 Å². The summed E-state index contributed by atoms with van der Waals surface area (Å²) < 4.78 is 0. The summed E-state index contributed by atoms with van der Waals surface area (Å²) in [7, 11) is 0. The topological polar surface area (TPSA) is 58.2 Å². The Kier molecular flexibility index (Phi) is 7.00. The van der Waals surface area contributed by atoms with Crippen molar-refractivity contribution in [2.75, 3.05) is 0 Å². The van der Waals surface area contributed by atoms with Gasteiger partial charge in [0.25, 0.3) is 0 Å². The maximum Gasteiger partial charge on any atom is 0.310 e. The summed E-state index contributed by atoms with van der Waals surface area (Å²) in [5.41, 5.74) is 5.71. The van der Waals surface area contributed by atoms with Crippen molar-refractivity contribution in [3.8, 4) is 0 Å². The van der Waals surface area contributed by atoms with Crippen LogP contribution in [0.15, 0.2) is 78.9 Å². The van der Waals surface area contributed by atoms with Crippen LogP contribution in [-0.2, 0) is 22.4 Å². The summed E-state index contributed by atoms with van der Waals surface area (Å²) >= 11 is 0. The molecule has 1 aliphatic carbocycles. The van der Waals surface area contributed by atoms with E-state index in [1.807, 2.05) is 67.6 Å². The zero-order valence-electron chi connectivity index (χ0n) is 18.5. The third-order valence-electron chi connectivity index (χ3n) is 6.24. The molecule has 0 aromatic heterocycles. The molecule has 0 saturated carbocycles. The summed E-state index contributed by atoms with van der Waals surface area (Å²) in [6.07, 6.45) is 5.39. The predicted molar refractivity (Wildman–Crippen MR) is 127 cm³/mol. The molecule has 0 radical (unpaired) electrons. The van der Waals surface area contributed by atoms with Gasteiger partial charge in [0, 0.05) is 0 Å².